The van der Waals surface area contributed by atoms with Gasteiger partial charge in [0, 0.05) is 44.7 Å². The molecule has 4 nitrogen and oxygen atoms in total. The molecule has 0 bridgehead atoms. The summed E-state index contributed by atoms with van der Waals surface area (Å²) >= 11 is 0. The molecule has 0 aromatic heterocycles. The highest BCUT2D eigenvalue weighted by atomic mass is 19.1. The number of nitrogens with one attached hydrogen (secondary N) is 1. The van der Waals surface area contributed by atoms with Crippen LogP contribution in [0.2, 0.25) is 0 Å². The largest absolute Gasteiger partial charge is 0.341 e. The number of carbonyl (C=O) groups excluding carboxylic acids is 1. The number of carbonyl (C=O) groups is 1. The van der Waals surface area contributed by atoms with Crippen LogP contribution in [0, 0.1) is 11.6 Å². The number of benzene rings is 1. The van der Waals surface area contributed by atoms with E-state index >= 15 is 0 Å². The molecule has 1 fully saturated rings. The summed E-state index contributed by atoms with van der Waals surface area (Å²) in [5, 5.41) is 3.27. The fourth-order valence-corrected chi connectivity index (χ4v) is 4.53. The van der Waals surface area contributed by atoms with Crippen LogP contribution in [0.1, 0.15) is 50.2 Å². The Labute approximate surface area is 167 Å². The molecule has 6 heteroatoms. The lowest BCUT2D eigenvalue weighted by molar-refractivity contribution is -0.130. The lowest BCUT2D eigenvalue weighted by Crippen LogP contribution is -2.41. The topological polar surface area (TPSA) is 35.6 Å². The molecule has 1 aliphatic carbocycles. The fraction of sp³-hybridized carbons (Fsp3) is 0.682. The molecule has 1 N–H and O–H groups in total. The summed E-state index contributed by atoms with van der Waals surface area (Å²) < 4.78 is 27.6. The predicted molar refractivity (Wildman–Crippen MR) is 107 cm³/mol. The average Bonchev–Trinajstić information content (AvgIpc) is 2.88. The number of fused-ring (bicyclic) bond motifs is 1. The van der Waals surface area contributed by atoms with Crippen LogP contribution in [-0.2, 0) is 17.6 Å². The van der Waals surface area contributed by atoms with Crippen molar-refractivity contribution < 1.29 is 13.6 Å². The third kappa shape index (κ3) is 5.51. The quantitative estimate of drug-likeness (QED) is 0.690. The van der Waals surface area contributed by atoms with Gasteiger partial charge in [-0.1, -0.05) is 6.92 Å². The maximum atomic E-state index is 14.0. The normalized spacial score (nSPS) is 20.4. The zero-order valence-corrected chi connectivity index (χ0v) is 17.0. The summed E-state index contributed by atoms with van der Waals surface area (Å²) in [6, 6.07) is 2.86. The number of unbranched alkanes of at least 4 members (excludes halogenated alkanes) is 1. The SMILES string of the molecule is CCCN(CCCCN1CCNCCC1=O)C1CCc2c(F)cc(F)cc2C1. The third-order valence-corrected chi connectivity index (χ3v) is 6.01. The van der Waals surface area contributed by atoms with Crippen molar-refractivity contribution in [3.63, 3.8) is 0 Å². The van der Waals surface area contributed by atoms with Gasteiger partial charge in [0.25, 0.3) is 0 Å². The maximum absolute atomic E-state index is 14.0. The monoisotopic (exact) mass is 393 g/mol. The molecule has 156 valence electrons. The minimum Gasteiger partial charge on any atom is -0.341 e. The van der Waals surface area contributed by atoms with Crippen molar-refractivity contribution in [1.29, 1.82) is 0 Å². The Morgan fingerprint density at radius 3 is 2.86 bits per heavy atom. The van der Waals surface area contributed by atoms with Crippen LogP contribution < -0.4 is 5.32 Å². The highest BCUT2D eigenvalue weighted by Gasteiger charge is 2.26. The van der Waals surface area contributed by atoms with Gasteiger partial charge in [0.1, 0.15) is 11.6 Å². The van der Waals surface area contributed by atoms with Crippen LogP contribution in [0.25, 0.3) is 0 Å². The Hall–Kier alpha value is -1.53. The minimum atomic E-state index is -0.476. The van der Waals surface area contributed by atoms with E-state index in [0.29, 0.717) is 24.4 Å². The number of rotatable bonds is 8. The molecule has 0 spiro atoms. The van der Waals surface area contributed by atoms with Crippen LogP contribution in [0.3, 0.4) is 0 Å². The second kappa shape index (κ2) is 10.3. The maximum Gasteiger partial charge on any atom is 0.223 e. The molecule has 1 aromatic rings. The van der Waals surface area contributed by atoms with E-state index in [2.05, 4.69) is 17.1 Å². The first-order valence-corrected chi connectivity index (χ1v) is 10.8. The lowest BCUT2D eigenvalue weighted by Gasteiger charge is -2.35. The molecule has 1 amide bonds. The zero-order valence-electron chi connectivity index (χ0n) is 17.0. The van der Waals surface area contributed by atoms with Crippen molar-refractivity contribution in [3.8, 4) is 0 Å². The Balaban J connectivity index is 1.51. The standard InChI is InChI=1S/C22H33F2N3O/c1-2-10-26(11-3-4-12-27-13-9-25-8-7-22(27)28)19-5-6-20-17(15-19)14-18(23)16-21(20)24/h14,16,19,25H,2-13,15H2,1H3. The number of nitrogens with zero attached hydrogens (tertiary/aromatic N) is 2. The van der Waals surface area contributed by atoms with E-state index in [4.69, 9.17) is 0 Å². The van der Waals surface area contributed by atoms with Crippen molar-refractivity contribution in [2.45, 2.75) is 57.9 Å². The average molecular weight is 394 g/mol. The number of halogens is 2. The Morgan fingerprint density at radius 1 is 1.18 bits per heavy atom. The first-order valence-electron chi connectivity index (χ1n) is 10.8. The van der Waals surface area contributed by atoms with Gasteiger partial charge in [-0.15, -0.1) is 0 Å². The van der Waals surface area contributed by atoms with Crippen LogP contribution >= 0.6 is 0 Å². The van der Waals surface area contributed by atoms with Crippen molar-refractivity contribution >= 4 is 5.91 Å². The zero-order chi connectivity index (χ0) is 19.9. The summed E-state index contributed by atoms with van der Waals surface area (Å²) in [7, 11) is 0. The van der Waals surface area contributed by atoms with E-state index in [0.717, 1.165) is 83.0 Å². The molecular formula is C22H33F2N3O. The van der Waals surface area contributed by atoms with Gasteiger partial charge < -0.3 is 15.1 Å². The van der Waals surface area contributed by atoms with Gasteiger partial charge in [-0.2, -0.15) is 0 Å². The molecule has 1 saturated heterocycles. The van der Waals surface area contributed by atoms with Crippen LogP contribution in [0.4, 0.5) is 8.78 Å². The van der Waals surface area contributed by atoms with E-state index in [1.165, 1.54) is 6.07 Å². The van der Waals surface area contributed by atoms with E-state index in [1.54, 1.807) is 0 Å². The summed E-state index contributed by atoms with van der Waals surface area (Å²) in [6.45, 7) is 7.44. The molecule has 0 saturated carbocycles. The number of hydrogen-bond acceptors (Lipinski definition) is 3. The third-order valence-electron chi connectivity index (χ3n) is 6.01. The molecule has 1 heterocycles. The predicted octanol–water partition coefficient (Wildman–Crippen LogP) is 3.14. The summed E-state index contributed by atoms with van der Waals surface area (Å²) in [6.07, 6.45) is 6.03. The van der Waals surface area contributed by atoms with Crippen LogP contribution in [0.5, 0.6) is 0 Å². The van der Waals surface area contributed by atoms with Gasteiger partial charge in [-0.25, -0.2) is 8.78 Å². The molecule has 1 aliphatic heterocycles. The van der Waals surface area contributed by atoms with Crippen molar-refractivity contribution in [2.24, 2.45) is 0 Å². The molecule has 0 radical (unpaired) electrons. The number of hydrogen-bond donors (Lipinski definition) is 1. The molecule has 2 aliphatic rings. The smallest absolute Gasteiger partial charge is 0.223 e. The second-order valence-corrected chi connectivity index (χ2v) is 8.05. The Kier molecular flexibility index (Phi) is 7.80. The van der Waals surface area contributed by atoms with E-state index in [9.17, 15) is 13.6 Å². The summed E-state index contributed by atoms with van der Waals surface area (Å²) in [4.78, 5) is 16.5. The van der Waals surface area contributed by atoms with Gasteiger partial charge in [0.15, 0.2) is 0 Å². The fourth-order valence-electron chi connectivity index (χ4n) is 4.53. The Bertz CT molecular complexity index is 667. The Morgan fingerprint density at radius 2 is 2.04 bits per heavy atom. The van der Waals surface area contributed by atoms with E-state index in [1.807, 2.05) is 4.90 Å². The van der Waals surface area contributed by atoms with Gasteiger partial charge in [0.05, 0.1) is 0 Å². The van der Waals surface area contributed by atoms with Crippen molar-refractivity contribution in [1.82, 2.24) is 15.1 Å². The van der Waals surface area contributed by atoms with Crippen molar-refractivity contribution in [2.75, 3.05) is 39.3 Å². The summed E-state index contributed by atoms with van der Waals surface area (Å²) in [5.74, 6) is -0.619. The highest BCUT2D eigenvalue weighted by Crippen LogP contribution is 2.28. The molecule has 1 unspecified atom stereocenters. The van der Waals surface area contributed by atoms with Crippen LogP contribution in [0.15, 0.2) is 12.1 Å². The minimum absolute atomic E-state index is 0.253. The molecule has 1 aromatic carbocycles. The molecule has 1 atom stereocenters. The van der Waals surface area contributed by atoms with Crippen LogP contribution in [-0.4, -0.2) is 61.0 Å². The van der Waals surface area contributed by atoms with E-state index in [-0.39, 0.29) is 5.91 Å². The van der Waals surface area contributed by atoms with Gasteiger partial charge >= 0.3 is 0 Å². The molecule has 28 heavy (non-hydrogen) atoms. The summed E-state index contributed by atoms with van der Waals surface area (Å²) in [5.41, 5.74) is 1.53. The highest BCUT2D eigenvalue weighted by molar-refractivity contribution is 5.76. The first-order chi connectivity index (χ1) is 13.6. The first kappa shape index (κ1) is 21.2. The van der Waals surface area contributed by atoms with Gasteiger partial charge in [-0.3, -0.25) is 4.79 Å². The van der Waals surface area contributed by atoms with E-state index < -0.39 is 11.6 Å². The number of amides is 1. The lowest BCUT2D eigenvalue weighted by atomic mass is 9.86. The molecule has 3 rings (SSSR count). The van der Waals surface area contributed by atoms with Gasteiger partial charge in [0.2, 0.25) is 5.91 Å². The van der Waals surface area contributed by atoms with Crippen molar-refractivity contribution in [3.05, 3.63) is 34.9 Å². The molecular weight excluding hydrogens is 360 g/mol. The van der Waals surface area contributed by atoms with Gasteiger partial charge in [-0.05, 0) is 68.8 Å². The second-order valence-electron chi connectivity index (χ2n) is 8.05.